The van der Waals surface area contributed by atoms with Crippen LogP contribution in [0.3, 0.4) is 0 Å². The Bertz CT molecular complexity index is 722. The fraction of sp³-hybridized carbons (Fsp3) is 0.385. The summed E-state index contributed by atoms with van der Waals surface area (Å²) in [4.78, 5) is 16.0. The second-order valence-electron chi connectivity index (χ2n) is 4.64. The van der Waals surface area contributed by atoms with Gasteiger partial charge in [-0.05, 0) is 24.0 Å². The summed E-state index contributed by atoms with van der Waals surface area (Å²) in [6.07, 6.45) is -3.20. The number of aromatic nitrogens is 3. The third-order valence-corrected chi connectivity index (χ3v) is 4.02. The quantitative estimate of drug-likeness (QED) is 0.754. The van der Waals surface area contributed by atoms with Gasteiger partial charge in [0, 0.05) is 19.3 Å². The van der Waals surface area contributed by atoms with Crippen LogP contribution in [0.25, 0.3) is 0 Å². The van der Waals surface area contributed by atoms with Crippen LogP contribution in [0.15, 0.2) is 12.3 Å². The first-order chi connectivity index (χ1) is 11.3. The van der Waals surface area contributed by atoms with Gasteiger partial charge in [0.15, 0.2) is 0 Å². The van der Waals surface area contributed by atoms with Crippen molar-refractivity contribution in [1.82, 2.24) is 19.9 Å². The molecule has 1 amide bonds. The van der Waals surface area contributed by atoms with E-state index in [1.54, 1.807) is 0 Å². The molecule has 0 unspecified atom stereocenters. The van der Waals surface area contributed by atoms with E-state index >= 15 is 0 Å². The average molecular weight is 380 g/mol. The molecule has 0 aliphatic rings. The lowest BCUT2D eigenvalue weighted by Crippen LogP contribution is -2.29. The fourth-order valence-corrected chi connectivity index (χ4v) is 2.67. The molecule has 130 valence electrons. The number of nitrogens with zero attached hydrogens (tertiary/aromatic N) is 3. The van der Waals surface area contributed by atoms with Gasteiger partial charge in [0.2, 0.25) is 0 Å². The molecular formula is C13H13ClF3N5OS. The summed E-state index contributed by atoms with van der Waals surface area (Å²) in [5.74, 6) is -0.178. The minimum absolute atomic E-state index is 0.118. The van der Waals surface area contributed by atoms with Crippen molar-refractivity contribution in [2.24, 2.45) is 0 Å². The van der Waals surface area contributed by atoms with Crippen molar-refractivity contribution < 1.29 is 18.0 Å². The maximum absolute atomic E-state index is 12.5. The number of carbonyl (C=O) groups excluding carboxylic acids is 1. The van der Waals surface area contributed by atoms with E-state index in [9.17, 15) is 18.0 Å². The van der Waals surface area contributed by atoms with E-state index in [0.29, 0.717) is 23.2 Å². The molecule has 0 atom stereocenters. The zero-order chi connectivity index (χ0) is 17.7. The highest BCUT2D eigenvalue weighted by Gasteiger charge is 2.31. The lowest BCUT2D eigenvalue weighted by Gasteiger charge is -2.11. The monoisotopic (exact) mass is 379 g/mol. The number of anilines is 1. The van der Waals surface area contributed by atoms with Crippen molar-refractivity contribution in [2.75, 3.05) is 18.4 Å². The summed E-state index contributed by atoms with van der Waals surface area (Å²) in [6, 6.07) is 0.798. The molecule has 11 heteroatoms. The molecule has 0 fully saturated rings. The van der Waals surface area contributed by atoms with Gasteiger partial charge in [-0.25, -0.2) is 4.98 Å². The second-order valence-corrected chi connectivity index (χ2v) is 5.80. The molecule has 0 aromatic carbocycles. The smallest absolute Gasteiger partial charge is 0.367 e. The fourth-order valence-electron chi connectivity index (χ4n) is 1.77. The molecule has 6 nitrogen and oxygen atoms in total. The zero-order valence-electron chi connectivity index (χ0n) is 12.4. The van der Waals surface area contributed by atoms with Crippen molar-refractivity contribution in [2.45, 2.75) is 19.5 Å². The van der Waals surface area contributed by atoms with E-state index in [4.69, 9.17) is 11.6 Å². The SMILES string of the molecule is CCc1nnsc1C(=O)NCCNc1ncc(C(F)(F)F)cc1Cl. The summed E-state index contributed by atoms with van der Waals surface area (Å²) < 4.78 is 41.3. The van der Waals surface area contributed by atoms with E-state index in [1.807, 2.05) is 6.92 Å². The second kappa shape index (κ2) is 7.75. The molecule has 24 heavy (non-hydrogen) atoms. The van der Waals surface area contributed by atoms with Gasteiger partial charge in [0.05, 0.1) is 16.3 Å². The molecule has 2 heterocycles. The van der Waals surface area contributed by atoms with Crippen LogP contribution >= 0.6 is 23.1 Å². The summed E-state index contributed by atoms with van der Waals surface area (Å²) in [7, 11) is 0. The summed E-state index contributed by atoms with van der Waals surface area (Å²) in [6.45, 7) is 2.35. The molecule has 0 aliphatic heterocycles. The van der Waals surface area contributed by atoms with Crippen LogP contribution in [-0.2, 0) is 12.6 Å². The minimum atomic E-state index is -4.50. The van der Waals surface area contributed by atoms with E-state index in [-0.39, 0.29) is 29.8 Å². The molecule has 0 saturated carbocycles. The third kappa shape index (κ3) is 4.54. The van der Waals surface area contributed by atoms with Crippen molar-refractivity contribution in [3.8, 4) is 0 Å². The Labute approximate surface area is 144 Å². The Morgan fingerprint density at radius 1 is 1.38 bits per heavy atom. The van der Waals surface area contributed by atoms with Crippen LogP contribution in [0.2, 0.25) is 5.02 Å². The topological polar surface area (TPSA) is 79.8 Å². The number of hydrogen-bond acceptors (Lipinski definition) is 6. The highest BCUT2D eigenvalue weighted by atomic mass is 35.5. The molecule has 0 aliphatic carbocycles. The van der Waals surface area contributed by atoms with Crippen LogP contribution in [0, 0.1) is 0 Å². The largest absolute Gasteiger partial charge is 0.417 e. The van der Waals surface area contributed by atoms with Gasteiger partial charge in [0.1, 0.15) is 10.7 Å². The number of halogens is 4. The van der Waals surface area contributed by atoms with Crippen LogP contribution in [0.4, 0.5) is 19.0 Å². The van der Waals surface area contributed by atoms with E-state index < -0.39 is 11.7 Å². The first-order valence-corrected chi connectivity index (χ1v) is 8.04. The van der Waals surface area contributed by atoms with Crippen molar-refractivity contribution >= 4 is 34.9 Å². The van der Waals surface area contributed by atoms with Crippen LogP contribution in [0.1, 0.15) is 27.9 Å². The van der Waals surface area contributed by atoms with Gasteiger partial charge >= 0.3 is 6.18 Å². The first-order valence-electron chi connectivity index (χ1n) is 6.89. The number of nitrogens with one attached hydrogen (secondary N) is 2. The van der Waals surface area contributed by atoms with E-state index in [2.05, 4.69) is 25.2 Å². The van der Waals surface area contributed by atoms with Crippen LogP contribution in [0.5, 0.6) is 0 Å². The summed E-state index contributed by atoms with van der Waals surface area (Å²) in [5, 5.41) is 9.13. The molecular weight excluding hydrogens is 367 g/mol. The Kier molecular flexibility index (Phi) is 5.94. The molecule has 0 spiro atoms. The zero-order valence-corrected chi connectivity index (χ0v) is 14.0. The highest BCUT2D eigenvalue weighted by molar-refractivity contribution is 7.08. The molecule has 2 N–H and O–H groups in total. The standard InChI is InChI=1S/C13H13ClF3N5OS/c1-2-9-10(24-22-21-9)12(23)19-4-3-18-11-8(14)5-7(6-20-11)13(15,16)17/h5-6H,2-4H2,1H3,(H,18,20)(H,19,23). The van der Waals surface area contributed by atoms with Gasteiger partial charge in [0.25, 0.3) is 5.91 Å². The van der Waals surface area contributed by atoms with Gasteiger partial charge < -0.3 is 10.6 Å². The van der Waals surface area contributed by atoms with Gasteiger partial charge in [-0.3, -0.25) is 4.79 Å². The summed E-state index contributed by atoms with van der Waals surface area (Å²) >= 11 is 6.78. The molecule has 0 saturated heterocycles. The first kappa shape index (κ1) is 18.4. The number of alkyl halides is 3. The third-order valence-electron chi connectivity index (χ3n) is 2.97. The lowest BCUT2D eigenvalue weighted by atomic mass is 10.3. The Morgan fingerprint density at radius 3 is 2.75 bits per heavy atom. The minimum Gasteiger partial charge on any atom is -0.367 e. The highest BCUT2D eigenvalue weighted by Crippen LogP contribution is 2.32. The number of pyridine rings is 1. The van der Waals surface area contributed by atoms with Crippen LogP contribution in [-0.4, -0.2) is 33.6 Å². The maximum Gasteiger partial charge on any atom is 0.417 e. The number of aryl methyl sites for hydroxylation is 1. The van der Waals surface area contributed by atoms with Crippen molar-refractivity contribution in [3.63, 3.8) is 0 Å². The lowest BCUT2D eigenvalue weighted by molar-refractivity contribution is -0.137. The average Bonchev–Trinajstić information content (AvgIpc) is 3.00. The molecule has 0 bridgehead atoms. The number of amides is 1. The number of rotatable bonds is 6. The van der Waals surface area contributed by atoms with Crippen molar-refractivity contribution in [1.29, 1.82) is 0 Å². The Balaban J connectivity index is 1.85. The maximum atomic E-state index is 12.5. The normalized spacial score (nSPS) is 11.4. The number of carbonyl (C=O) groups is 1. The van der Waals surface area contributed by atoms with Gasteiger partial charge in [-0.15, -0.1) is 5.10 Å². The summed E-state index contributed by atoms with van der Waals surface area (Å²) in [5.41, 5.74) is -0.297. The number of hydrogen-bond donors (Lipinski definition) is 2. The Morgan fingerprint density at radius 2 is 2.12 bits per heavy atom. The molecule has 2 aromatic heterocycles. The van der Waals surface area contributed by atoms with Gasteiger partial charge in [-0.2, -0.15) is 13.2 Å². The van der Waals surface area contributed by atoms with E-state index in [0.717, 1.165) is 17.6 Å². The molecule has 2 aromatic rings. The van der Waals surface area contributed by atoms with E-state index in [1.165, 1.54) is 0 Å². The van der Waals surface area contributed by atoms with Crippen LogP contribution < -0.4 is 10.6 Å². The van der Waals surface area contributed by atoms with Crippen molar-refractivity contribution in [3.05, 3.63) is 33.4 Å². The molecule has 0 radical (unpaired) electrons. The van der Waals surface area contributed by atoms with Gasteiger partial charge in [-0.1, -0.05) is 23.0 Å². The Hall–Kier alpha value is -1.94. The predicted octanol–water partition coefficient (Wildman–Crippen LogP) is 3.01. The predicted molar refractivity (Wildman–Crippen MR) is 84.4 cm³/mol. The molecule has 2 rings (SSSR count).